The molecule has 0 aliphatic rings. The number of nitrogens with one attached hydrogen (secondary N) is 1. The van der Waals surface area contributed by atoms with E-state index in [0.717, 1.165) is 22.4 Å². The van der Waals surface area contributed by atoms with Crippen LogP contribution in [-0.4, -0.2) is 29.7 Å². The van der Waals surface area contributed by atoms with E-state index in [9.17, 15) is 4.79 Å². The molecule has 6 heteroatoms. The number of aromatic nitrogens is 2. The van der Waals surface area contributed by atoms with E-state index in [1.54, 1.807) is 32.4 Å². The van der Waals surface area contributed by atoms with E-state index in [4.69, 9.17) is 9.47 Å². The minimum absolute atomic E-state index is 0.204. The third-order valence-electron chi connectivity index (χ3n) is 4.21. The summed E-state index contributed by atoms with van der Waals surface area (Å²) in [5, 5.41) is 2.93. The Labute approximate surface area is 158 Å². The zero-order valence-corrected chi connectivity index (χ0v) is 15.8. The second-order valence-electron chi connectivity index (χ2n) is 6.31. The molecular formula is C21H23N3O3. The van der Waals surface area contributed by atoms with Gasteiger partial charge in [-0.25, -0.2) is 4.98 Å². The average molecular weight is 365 g/mol. The average Bonchev–Trinajstić information content (AvgIpc) is 3.02. The van der Waals surface area contributed by atoms with E-state index < -0.39 is 0 Å². The zero-order chi connectivity index (χ0) is 19.4. The van der Waals surface area contributed by atoms with Crippen LogP contribution in [0.5, 0.6) is 11.5 Å². The second kappa shape index (κ2) is 7.95. The van der Waals surface area contributed by atoms with Gasteiger partial charge in [-0.2, -0.15) is 0 Å². The fourth-order valence-corrected chi connectivity index (χ4v) is 2.95. The highest BCUT2D eigenvalue weighted by Gasteiger charge is 2.14. The molecule has 140 valence electrons. The van der Waals surface area contributed by atoms with Gasteiger partial charge in [0.2, 0.25) is 0 Å². The van der Waals surface area contributed by atoms with Gasteiger partial charge in [0.15, 0.2) is 11.5 Å². The van der Waals surface area contributed by atoms with E-state index in [1.807, 2.05) is 31.2 Å². The second-order valence-corrected chi connectivity index (χ2v) is 6.31. The molecule has 0 bridgehead atoms. The Bertz CT molecular complexity index is 992. The number of benzene rings is 2. The summed E-state index contributed by atoms with van der Waals surface area (Å²) in [6.07, 6.45) is 0. The predicted octanol–water partition coefficient (Wildman–Crippen LogP) is 3.56. The minimum Gasteiger partial charge on any atom is -0.493 e. The summed E-state index contributed by atoms with van der Waals surface area (Å²) in [5.41, 5.74) is 3.44. The van der Waals surface area contributed by atoms with E-state index in [-0.39, 0.29) is 5.91 Å². The van der Waals surface area contributed by atoms with Gasteiger partial charge in [-0.05, 0) is 37.3 Å². The highest BCUT2D eigenvalue weighted by Crippen LogP contribution is 2.27. The number of ether oxygens (including phenoxy) is 2. The van der Waals surface area contributed by atoms with Crippen molar-refractivity contribution in [1.29, 1.82) is 0 Å². The van der Waals surface area contributed by atoms with Crippen LogP contribution in [0.25, 0.3) is 11.0 Å². The zero-order valence-electron chi connectivity index (χ0n) is 15.8. The Hall–Kier alpha value is -3.28. The third-order valence-corrected chi connectivity index (χ3v) is 4.21. The summed E-state index contributed by atoms with van der Waals surface area (Å²) in [5.74, 6) is 1.68. The maximum atomic E-state index is 12.6. The van der Waals surface area contributed by atoms with Gasteiger partial charge in [-0.15, -0.1) is 0 Å². The molecule has 0 saturated heterocycles. The van der Waals surface area contributed by atoms with Crippen LogP contribution < -0.4 is 14.8 Å². The Morgan fingerprint density at radius 2 is 1.89 bits per heavy atom. The number of amides is 1. The molecule has 0 aliphatic carbocycles. The van der Waals surface area contributed by atoms with Crippen LogP contribution >= 0.6 is 0 Å². The van der Waals surface area contributed by atoms with Crippen LogP contribution in [-0.2, 0) is 13.1 Å². The van der Waals surface area contributed by atoms with Crippen LogP contribution in [0.4, 0.5) is 0 Å². The summed E-state index contributed by atoms with van der Waals surface area (Å²) in [4.78, 5) is 17.2. The van der Waals surface area contributed by atoms with Crippen LogP contribution in [0.3, 0.4) is 0 Å². The number of rotatable bonds is 7. The monoisotopic (exact) mass is 365 g/mol. The standard InChI is InChI=1S/C21H23N3O3/c1-14(2)13-24-17-8-6-5-7-16(17)23-20(24)12-22-21(25)15-9-10-18(26-3)19(11-15)27-4/h5-11H,1,12-13H2,2-4H3,(H,22,25). The van der Waals surface area contributed by atoms with Crippen molar-refractivity contribution in [2.45, 2.75) is 20.0 Å². The van der Waals surface area contributed by atoms with Gasteiger partial charge in [-0.3, -0.25) is 4.79 Å². The normalized spacial score (nSPS) is 10.6. The van der Waals surface area contributed by atoms with Crippen molar-refractivity contribution >= 4 is 16.9 Å². The summed E-state index contributed by atoms with van der Waals surface area (Å²) in [6.45, 7) is 6.94. The maximum absolute atomic E-state index is 12.6. The molecule has 0 radical (unpaired) electrons. The summed E-state index contributed by atoms with van der Waals surface area (Å²) in [7, 11) is 3.10. The minimum atomic E-state index is -0.204. The first-order valence-electron chi connectivity index (χ1n) is 8.62. The van der Waals surface area contributed by atoms with Crippen LogP contribution in [0, 0.1) is 0 Å². The van der Waals surface area contributed by atoms with Crippen LogP contribution in [0.1, 0.15) is 23.1 Å². The Kier molecular flexibility index (Phi) is 5.45. The predicted molar refractivity (Wildman–Crippen MR) is 105 cm³/mol. The van der Waals surface area contributed by atoms with Gasteiger partial charge >= 0.3 is 0 Å². The number of carbonyl (C=O) groups excluding carboxylic acids is 1. The van der Waals surface area contributed by atoms with E-state index in [1.165, 1.54) is 0 Å². The van der Waals surface area contributed by atoms with E-state index in [0.29, 0.717) is 30.2 Å². The Morgan fingerprint density at radius 3 is 2.59 bits per heavy atom. The van der Waals surface area contributed by atoms with E-state index in [2.05, 4.69) is 21.4 Å². The molecule has 1 heterocycles. The molecule has 1 amide bonds. The maximum Gasteiger partial charge on any atom is 0.251 e. The molecule has 3 aromatic rings. The van der Waals surface area contributed by atoms with Gasteiger partial charge in [0.05, 0.1) is 31.8 Å². The number of carbonyl (C=O) groups is 1. The topological polar surface area (TPSA) is 65.4 Å². The molecule has 0 saturated carbocycles. The van der Waals surface area contributed by atoms with Crippen LogP contribution in [0.2, 0.25) is 0 Å². The molecule has 0 spiro atoms. The lowest BCUT2D eigenvalue weighted by atomic mass is 10.2. The number of hydrogen-bond acceptors (Lipinski definition) is 4. The molecule has 1 aromatic heterocycles. The van der Waals surface area contributed by atoms with Gasteiger partial charge in [-0.1, -0.05) is 24.3 Å². The number of imidazole rings is 1. The fourth-order valence-electron chi connectivity index (χ4n) is 2.95. The third kappa shape index (κ3) is 3.95. The molecule has 6 nitrogen and oxygen atoms in total. The van der Waals surface area contributed by atoms with Crippen molar-refractivity contribution in [3.8, 4) is 11.5 Å². The first kappa shape index (κ1) is 18.5. The highest BCUT2D eigenvalue weighted by molar-refractivity contribution is 5.94. The highest BCUT2D eigenvalue weighted by atomic mass is 16.5. The smallest absolute Gasteiger partial charge is 0.251 e. The molecule has 3 rings (SSSR count). The fraction of sp³-hybridized carbons (Fsp3) is 0.238. The molecule has 0 aliphatic heterocycles. The number of hydrogen-bond donors (Lipinski definition) is 1. The molecule has 27 heavy (non-hydrogen) atoms. The molecule has 0 unspecified atom stereocenters. The quantitative estimate of drug-likeness (QED) is 0.650. The van der Waals surface area contributed by atoms with Crippen LogP contribution in [0.15, 0.2) is 54.6 Å². The van der Waals surface area contributed by atoms with Gasteiger partial charge < -0.3 is 19.4 Å². The number of fused-ring (bicyclic) bond motifs is 1. The van der Waals surface area contributed by atoms with Gasteiger partial charge in [0.25, 0.3) is 5.91 Å². The summed E-state index contributed by atoms with van der Waals surface area (Å²) in [6, 6.07) is 13.0. The molecule has 2 aromatic carbocycles. The molecular weight excluding hydrogens is 342 g/mol. The van der Waals surface area contributed by atoms with Crippen molar-refractivity contribution in [2.24, 2.45) is 0 Å². The number of nitrogens with zero attached hydrogens (tertiary/aromatic N) is 2. The van der Waals surface area contributed by atoms with E-state index >= 15 is 0 Å². The number of methoxy groups -OCH3 is 2. The molecule has 0 atom stereocenters. The van der Waals surface area contributed by atoms with Crippen molar-refractivity contribution in [1.82, 2.24) is 14.9 Å². The first-order chi connectivity index (χ1) is 13.0. The lowest BCUT2D eigenvalue weighted by molar-refractivity contribution is 0.0949. The molecule has 1 N–H and O–H groups in total. The van der Waals surface area contributed by atoms with Crippen molar-refractivity contribution in [3.63, 3.8) is 0 Å². The van der Waals surface area contributed by atoms with Crippen molar-refractivity contribution < 1.29 is 14.3 Å². The Balaban J connectivity index is 1.82. The molecule has 0 fully saturated rings. The summed E-state index contributed by atoms with van der Waals surface area (Å²) >= 11 is 0. The SMILES string of the molecule is C=C(C)Cn1c(CNC(=O)c2ccc(OC)c(OC)c2)nc2ccccc21. The number of para-hydroxylation sites is 2. The van der Waals surface area contributed by atoms with Crippen molar-refractivity contribution in [2.75, 3.05) is 14.2 Å². The largest absolute Gasteiger partial charge is 0.493 e. The first-order valence-corrected chi connectivity index (χ1v) is 8.62. The Morgan fingerprint density at radius 1 is 1.15 bits per heavy atom. The number of allylic oxidation sites excluding steroid dienone is 1. The summed E-state index contributed by atoms with van der Waals surface area (Å²) < 4.78 is 12.5. The lowest BCUT2D eigenvalue weighted by Gasteiger charge is -2.11. The van der Waals surface area contributed by atoms with Gasteiger partial charge in [0, 0.05) is 12.1 Å². The lowest BCUT2D eigenvalue weighted by Crippen LogP contribution is -2.25. The van der Waals surface area contributed by atoms with Gasteiger partial charge in [0.1, 0.15) is 5.82 Å². The van der Waals surface area contributed by atoms with Crippen molar-refractivity contribution in [3.05, 3.63) is 66.0 Å².